The van der Waals surface area contributed by atoms with Crippen LogP contribution in [0.1, 0.15) is 13.8 Å². The molecule has 0 unspecified atom stereocenters. The lowest BCUT2D eigenvalue weighted by Crippen LogP contribution is -2.22. The van der Waals surface area contributed by atoms with E-state index in [4.69, 9.17) is 44.3 Å². The maximum Gasteiger partial charge on any atom is 0.358 e. The number of halogens is 5. The molecule has 110 valence electrons. The summed E-state index contributed by atoms with van der Waals surface area (Å²) in [5.74, 6) is -1.55. The summed E-state index contributed by atoms with van der Waals surface area (Å²) in [4.78, 5) is 22.4. The van der Waals surface area contributed by atoms with Crippen molar-refractivity contribution < 1.29 is 19.1 Å². The van der Waals surface area contributed by atoms with Crippen LogP contribution in [-0.2, 0) is 19.1 Å². The summed E-state index contributed by atoms with van der Waals surface area (Å²) >= 11 is 22.3. The number of ether oxygens (including phenoxy) is 2. The molecule has 0 aliphatic heterocycles. The lowest BCUT2D eigenvalue weighted by Gasteiger charge is -2.11. The lowest BCUT2D eigenvalue weighted by molar-refractivity contribution is -0.146. The maximum atomic E-state index is 11.2. The summed E-state index contributed by atoms with van der Waals surface area (Å²) in [7, 11) is 0. The van der Waals surface area contributed by atoms with Crippen molar-refractivity contribution in [3.63, 3.8) is 0 Å². The smallest absolute Gasteiger partial charge is 0.358 e. The molecular weight excluding hydrogens is 450 g/mol. The second-order valence-electron chi connectivity index (χ2n) is 3.65. The molecular formula is C10H11Br2Cl3O4. The van der Waals surface area contributed by atoms with Gasteiger partial charge in [-0.25, -0.2) is 4.79 Å². The van der Waals surface area contributed by atoms with Crippen molar-refractivity contribution in [2.45, 2.75) is 17.6 Å². The molecule has 0 saturated carbocycles. The molecule has 0 fully saturated rings. The zero-order valence-electron chi connectivity index (χ0n) is 10.0. The van der Waals surface area contributed by atoms with Crippen LogP contribution >= 0.6 is 66.7 Å². The van der Waals surface area contributed by atoms with Crippen molar-refractivity contribution in [3.8, 4) is 0 Å². The predicted molar refractivity (Wildman–Crippen MR) is 81.9 cm³/mol. The van der Waals surface area contributed by atoms with Gasteiger partial charge in [-0.05, 0) is 0 Å². The maximum absolute atomic E-state index is 11.2. The van der Waals surface area contributed by atoms with Crippen LogP contribution in [0.25, 0.3) is 0 Å². The molecule has 0 N–H and O–H groups in total. The molecule has 0 aliphatic carbocycles. The summed E-state index contributed by atoms with van der Waals surface area (Å²) in [6.07, 6.45) is 0. The predicted octanol–water partition coefficient (Wildman–Crippen LogP) is 4.10. The summed E-state index contributed by atoms with van der Waals surface area (Å²) in [5, 5.41) is 0. The molecule has 9 heteroatoms. The van der Waals surface area contributed by atoms with Gasteiger partial charge in [-0.3, -0.25) is 4.79 Å². The molecule has 0 atom stereocenters. The summed E-state index contributed by atoms with van der Waals surface area (Å²) in [5.41, 5.74) is 0. The van der Waals surface area contributed by atoms with Crippen LogP contribution in [0.2, 0.25) is 0 Å². The highest BCUT2D eigenvalue weighted by molar-refractivity contribution is 9.14. The Hall–Kier alpha value is 0.510. The minimum absolute atomic E-state index is 0.0168. The molecule has 19 heavy (non-hydrogen) atoms. The van der Waals surface area contributed by atoms with E-state index in [1.165, 1.54) is 0 Å². The average Bonchev–Trinajstić information content (AvgIpc) is 2.30. The molecule has 0 bridgehead atoms. The minimum atomic E-state index is -2.12. The van der Waals surface area contributed by atoms with Crippen molar-refractivity contribution in [2.24, 2.45) is 5.92 Å². The van der Waals surface area contributed by atoms with Gasteiger partial charge in [0.25, 0.3) is 3.79 Å². The number of hydrogen-bond donors (Lipinski definition) is 0. The summed E-state index contributed by atoms with van der Waals surface area (Å²) in [6.45, 7) is 3.31. The van der Waals surface area contributed by atoms with Gasteiger partial charge in [-0.15, -0.1) is 0 Å². The summed E-state index contributed by atoms with van der Waals surface area (Å²) in [6, 6.07) is 0. The number of hydrogen-bond acceptors (Lipinski definition) is 4. The van der Waals surface area contributed by atoms with Crippen LogP contribution in [0.5, 0.6) is 0 Å². The van der Waals surface area contributed by atoms with Crippen LogP contribution in [0.4, 0.5) is 0 Å². The minimum Gasteiger partial charge on any atom is -0.460 e. The quantitative estimate of drug-likeness (QED) is 0.457. The second-order valence-corrected chi connectivity index (χ2v) is 7.84. The number of carbonyl (C=O) groups excluding carboxylic acids is 2. The van der Waals surface area contributed by atoms with Gasteiger partial charge in [0.15, 0.2) is 0 Å². The van der Waals surface area contributed by atoms with Crippen molar-refractivity contribution in [1.29, 1.82) is 0 Å². The third-order valence-corrected chi connectivity index (χ3v) is 4.08. The van der Waals surface area contributed by atoms with Crippen LogP contribution in [0, 0.1) is 5.92 Å². The molecule has 0 radical (unpaired) electrons. The van der Waals surface area contributed by atoms with E-state index in [1.54, 1.807) is 13.8 Å². The Labute approximate surface area is 143 Å². The van der Waals surface area contributed by atoms with Gasteiger partial charge < -0.3 is 9.47 Å². The van der Waals surface area contributed by atoms with Gasteiger partial charge in [0.05, 0.1) is 5.92 Å². The normalized spacial score (nSPS) is 13.1. The highest BCUT2D eigenvalue weighted by Gasteiger charge is 2.32. The Morgan fingerprint density at radius 3 is 1.84 bits per heavy atom. The SMILES string of the molecule is CC(C)C(=O)OC/C(Br)=C(\Br)COC(=O)C(Cl)(Cl)Cl. The van der Waals surface area contributed by atoms with E-state index >= 15 is 0 Å². The standard InChI is InChI=1S/C10H11Br2Cl3O4/c1-5(2)8(16)18-3-6(11)7(12)4-19-9(17)10(13,14)15/h5H,3-4H2,1-2H3/b7-6+. The molecule has 0 aliphatic rings. The number of rotatable bonds is 5. The lowest BCUT2D eigenvalue weighted by atomic mass is 10.2. The van der Waals surface area contributed by atoms with Crippen molar-refractivity contribution in [3.05, 3.63) is 8.96 Å². The van der Waals surface area contributed by atoms with E-state index < -0.39 is 9.76 Å². The van der Waals surface area contributed by atoms with Gasteiger partial charge in [0, 0.05) is 8.96 Å². The van der Waals surface area contributed by atoms with E-state index in [0.29, 0.717) is 8.96 Å². The Balaban J connectivity index is 4.31. The zero-order valence-corrected chi connectivity index (χ0v) is 15.5. The Bertz CT molecular complexity index is 377. The molecule has 0 rings (SSSR count). The van der Waals surface area contributed by atoms with Gasteiger partial charge in [-0.1, -0.05) is 80.5 Å². The fourth-order valence-electron chi connectivity index (χ4n) is 0.669. The van der Waals surface area contributed by atoms with Crippen LogP contribution in [-0.4, -0.2) is 28.9 Å². The molecule has 0 spiro atoms. The Morgan fingerprint density at radius 2 is 1.47 bits per heavy atom. The second kappa shape index (κ2) is 8.72. The first kappa shape index (κ1) is 19.5. The van der Waals surface area contributed by atoms with Gasteiger partial charge in [0.1, 0.15) is 13.2 Å². The molecule has 0 aromatic heterocycles. The van der Waals surface area contributed by atoms with Crippen LogP contribution < -0.4 is 0 Å². The Morgan fingerprint density at radius 1 is 1.05 bits per heavy atom. The van der Waals surface area contributed by atoms with E-state index in [0.717, 1.165) is 0 Å². The van der Waals surface area contributed by atoms with E-state index in [-0.39, 0.29) is 25.1 Å². The number of carbonyl (C=O) groups is 2. The van der Waals surface area contributed by atoms with Crippen molar-refractivity contribution >= 4 is 78.6 Å². The van der Waals surface area contributed by atoms with Crippen molar-refractivity contribution in [1.82, 2.24) is 0 Å². The largest absolute Gasteiger partial charge is 0.460 e. The molecule has 0 heterocycles. The molecule has 0 aromatic carbocycles. The van der Waals surface area contributed by atoms with Gasteiger partial charge in [0.2, 0.25) is 0 Å². The fourth-order valence-corrected chi connectivity index (χ4v) is 1.29. The Kier molecular flexibility index (Phi) is 8.95. The highest BCUT2D eigenvalue weighted by Crippen LogP contribution is 2.28. The van der Waals surface area contributed by atoms with E-state index in [2.05, 4.69) is 31.9 Å². The zero-order chi connectivity index (χ0) is 15.2. The third-order valence-electron chi connectivity index (χ3n) is 1.67. The fraction of sp³-hybridized carbons (Fsp3) is 0.600. The molecule has 0 amide bonds. The monoisotopic (exact) mass is 458 g/mol. The first-order chi connectivity index (χ1) is 8.55. The number of alkyl halides is 3. The van der Waals surface area contributed by atoms with Gasteiger partial charge >= 0.3 is 11.9 Å². The van der Waals surface area contributed by atoms with Gasteiger partial charge in [-0.2, -0.15) is 0 Å². The van der Waals surface area contributed by atoms with Crippen LogP contribution in [0.3, 0.4) is 0 Å². The topological polar surface area (TPSA) is 52.6 Å². The number of esters is 2. The first-order valence-corrected chi connectivity index (χ1v) is 7.71. The third kappa shape index (κ3) is 8.40. The van der Waals surface area contributed by atoms with E-state index in [9.17, 15) is 9.59 Å². The van der Waals surface area contributed by atoms with E-state index in [1.807, 2.05) is 0 Å². The molecule has 0 saturated heterocycles. The molecule has 4 nitrogen and oxygen atoms in total. The average molecular weight is 461 g/mol. The first-order valence-electron chi connectivity index (χ1n) is 4.99. The van der Waals surface area contributed by atoms with Crippen LogP contribution in [0.15, 0.2) is 8.96 Å². The molecule has 0 aromatic rings. The van der Waals surface area contributed by atoms with Crippen molar-refractivity contribution in [2.75, 3.05) is 13.2 Å². The highest BCUT2D eigenvalue weighted by atomic mass is 79.9. The summed E-state index contributed by atoms with van der Waals surface area (Å²) < 4.78 is 8.56.